The van der Waals surface area contributed by atoms with E-state index in [1.54, 1.807) is 25.3 Å². The maximum absolute atomic E-state index is 12.3. The number of carbonyl (C=O) groups excluding carboxylic acids is 1. The number of ether oxygens (including phenoxy) is 1. The minimum absolute atomic E-state index is 0.0728. The monoisotopic (exact) mass is 325 g/mol. The highest BCUT2D eigenvalue weighted by atomic mass is 35.5. The number of hydrogen-bond acceptors (Lipinski definition) is 3. The number of piperazine rings is 1. The predicted molar refractivity (Wildman–Crippen MR) is 89.9 cm³/mol. The van der Waals surface area contributed by atoms with E-state index in [9.17, 15) is 4.79 Å². The molecule has 2 amide bonds. The normalized spacial score (nSPS) is 15.7. The summed E-state index contributed by atoms with van der Waals surface area (Å²) in [5, 5.41) is 3.38. The van der Waals surface area contributed by atoms with Crippen molar-refractivity contribution in [1.29, 1.82) is 0 Å². The molecule has 1 aromatic carbocycles. The van der Waals surface area contributed by atoms with Crippen molar-refractivity contribution >= 4 is 23.3 Å². The number of rotatable bonds is 5. The number of benzene rings is 1. The SMILES string of the molecule is CCCCN1CCN(C(=O)Nc2ccc(OC)c(Cl)c2)CC1. The third-order valence-corrected chi connectivity index (χ3v) is 4.19. The first-order valence-electron chi connectivity index (χ1n) is 7.76. The van der Waals surface area contributed by atoms with Crippen LogP contribution in [0.5, 0.6) is 5.75 Å². The number of nitrogens with zero attached hydrogens (tertiary/aromatic N) is 2. The predicted octanol–water partition coefficient (Wildman–Crippen LogP) is 3.30. The van der Waals surface area contributed by atoms with E-state index in [4.69, 9.17) is 16.3 Å². The zero-order chi connectivity index (χ0) is 15.9. The molecule has 0 unspecified atom stereocenters. The molecule has 1 aromatic rings. The van der Waals surface area contributed by atoms with Gasteiger partial charge in [0.05, 0.1) is 12.1 Å². The zero-order valence-corrected chi connectivity index (χ0v) is 14.0. The van der Waals surface area contributed by atoms with E-state index in [1.807, 2.05) is 4.90 Å². The van der Waals surface area contributed by atoms with Crippen LogP contribution in [0.2, 0.25) is 5.02 Å². The Morgan fingerprint density at radius 1 is 1.32 bits per heavy atom. The Morgan fingerprint density at radius 3 is 2.64 bits per heavy atom. The first kappa shape index (κ1) is 16.9. The number of carbonyl (C=O) groups is 1. The summed E-state index contributed by atoms with van der Waals surface area (Å²) in [6.45, 7) is 6.73. The van der Waals surface area contributed by atoms with Crippen molar-refractivity contribution in [2.24, 2.45) is 0 Å². The van der Waals surface area contributed by atoms with Crippen molar-refractivity contribution in [2.75, 3.05) is 45.2 Å². The number of anilines is 1. The second-order valence-electron chi connectivity index (χ2n) is 5.46. The summed E-state index contributed by atoms with van der Waals surface area (Å²) in [6.07, 6.45) is 2.43. The van der Waals surface area contributed by atoms with Gasteiger partial charge in [0.2, 0.25) is 0 Å². The van der Waals surface area contributed by atoms with Gasteiger partial charge < -0.3 is 15.0 Å². The molecule has 2 rings (SSSR count). The summed E-state index contributed by atoms with van der Waals surface area (Å²) < 4.78 is 5.10. The molecule has 22 heavy (non-hydrogen) atoms. The van der Waals surface area contributed by atoms with Gasteiger partial charge in [-0.15, -0.1) is 0 Å². The molecule has 0 aromatic heterocycles. The Morgan fingerprint density at radius 2 is 2.05 bits per heavy atom. The molecule has 0 aliphatic carbocycles. The molecule has 1 N–H and O–H groups in total. The summed E-state index contributed by atoms with van der Waals surface area (Å²) in [5.74, 6) is 0.601. The molecule has 0 saturated carbocycles. The van der Waals surface area contributed by atoms with E-state index in [2.05, 4.69) is 17.1 Å². The van der Waals surface area contributed by atoms with Crippen LogP contribution < -0.4 is 10.1 Å². The zero-order valence-electron chi connectivity index (χ0n) is 13.3. The van der Waals surface area contributed by atoms with E-state index in [0.29, 0.717) is 16.5 Å². The molecule has 0 bridgehead atoms. The van der Waals surface area contributed by atoms with Crippen molar-refractivity contribution in [2.45, 2.75) is 19.8 Å². The lowest BCUT2D eigenvalue weighted by molar-refractivity contribution is 0.146. The summed E-state index contributed by atoms with van der Waals surface area (Å²) in [7, 11) is 1.57. The highest BCUT2D eigenvalue weighted by molar-refractivity contribution is 6.32. The van der Waals surface area contributed by atoms with Crippen molar-refractivity contribution in [3.05, 3.63) is 23.2 Å². The van der Waals surface area contributed by atoms with E-state index >= 15 is 0 Å². The number of urea groups is 1. The molecular formula is C16H24ClN3O2. The lowest BCUT2D eigenvalue weighted by Gasteiger charge is -2.34. The van der Waals surface area contributed by atoms with E-state index in [1.165, 1.54) is 12.8 Å². The number of nitrogens with one attached hydrogen (secondary N) is 1. The summed E-state index contributed by atoms with van der Waals surface area (Å²) in [4.78, 5) is 16.5. The molecule has 122 valence electrons. The summed E-state index contributed by atoms with van der Waals surface area (Å²) in [5.41, 5.74) is 0.684. The van der Waals surface area contributed by atoms with Crippen molar-refractivity contribution in [3.63, 3.8) is 0 Å². The molecular weight excluding hydrogens is 302 g/mol. The Hall–Kier alpha value is -1.46. The van der Waals surface area contributed by atoms with Crippen LogP contribution >= 0.6 is 11.6 Å². The molecule has 0 spiro atoms. The Labute approximate surface area is 137 Å². The smallest absolute Gasteiger partial charge is 0.321 e. The van der Waals surface area contributed by atoms with Crippen molar-refractivity contribution < 1.29 is 9.53 Å². The van der Waals surface area contributed by atoms with Gasteiger partial charge in [-0.25, -0.2) is 4.79 Å². The molecule has 1 heterocycles. The number of unbranched alkanes of at least 4 members (excludes halogenated alkanes) is 1. The van der Waals surface area contributed by atoms with Gasteiger partial charge in [-0.2, -0.15) is 0 Å². The Kier molecular flexibility index (Phi) is 6.34. The summed E-state index contributed by atoms with van der Waals surface area (Å²) >= 11 is 6.07. The second-order valence-corrected chi connectivity index (χ2v) is 5.87. The van der Waals surface area contributed by atoms with E-state index in [-0.39, 0.29) is 6.03 Å². The van der Waals surface area contributed by atoms with Crippen molar-refractivity contribution in [1.82, 2.24) is 9.80 Å². The van der Waals surface area contributed by atoms with Gasteiger partial charge in [-0.3, -0.25) is 4.90 Å². The van der Waals surface area contributed by atoms with Gasteiger partial charge in [0.25, 0.3) is 0 Å². The molecule has 1 aliphatic rings. The summed E-state index contributed by atoms with van der Waals surface area (Å²) in [6, 6.07) is 5.17. The van der Waals surface area contributed by atoms with Crippen LogP contribution in [0, 0.1) is 0 Å². The van der Waals surface area contributed by atoms with Gasteiger partial charge in [-0.05, 0) is 31.2 Å². The first-order chi connectivity index (χ1) is 10.6. The van der Waals surface area contributed by atoms with Crippen molar-refractivity contribution in [3.8, 4) is 5.75 Å². The van der Waals surface area contributed by atoms with Crippen LogP contribution in [-0.4, -0.2) is 55.7 Å². The van der Waals surface area contributed by atoms with Crippen LogP contribution in [0.4, 0.5) is 10.5 Å². The Balaban J connectivity index is 1.84. The van der Waals surface area contributed by atoms with Gasteiger partial charge in [0, 0.05) is 31.9 Å². The number of hydrogen-bond donors (Lipinski definition) is 1. The van der Waals surface area contributed by atoms with Crippen LogP contribution in [0.3, 0.4) is 0 Å². The lowest BCUT2D eigenvalue weighted by Crippen LogP contribution is -2.50. The molecule has 1 fully saturated rings. The fourth-order valence-electron chi connectivity index (χ4n) is 2.50. The molecule has 6 heteroatoms. The minimum Gasteiger partial charge on any atom is -0.495 e. The van der Waals surface area contributed by atoms with Gasteiger partial charge in [0.1, 0.15) is 5.75 Å². The first-order valence-corrected chi connectivity index (χ1v) is 8.13. The van der Waals surface area contributed by atoms with Gasteiger partial charge in [-0.1, -0.05) is 24.9 Å². The van der Waals surface area contributed by atoms with Crippen LogP contribution in [-0.2, 0) is 0 Å². The maximum atomic E-state index is 12.3. The second kappa shape index (κ2) is 8.25. The highest BCUT2D eigenvalue weighted by Gasteiger charge is 2.20. The molecule has 5 nitrogen and oxygen atoms in total. The van der Waals surface area contributed by atoms with Gasteiger partial charge >= 0.3 is 6.03 Å². The number of amides is 2. The molecule has 0 atom stereocenters. The largest absolute Gasteiger partial charge is 0.495 e. The fraction of sp³-hybridized carbons (Fsp3) is 0.562. The number of methoxy groups -OCH3 is 1. The quantitative estimate of drug-likeness (QED) is 0.903. The number of halogens is 1. The Bertz CT molecular complexity index is 502. The topological polar surface area (TPSA) is 44.8 Å². The highest BCUT2D eigenvalue weighted by Crippen LogP contribution is 2.27. The molecule has 1 aliphatic heterocycles. The minimum atomic E-state index is -0.0728. The third kappa shape index (κ3) is 4.52. The van der Waals surface area contributed by atoms with E-state index in [0.717, 1.165) is 32.7 Å². The van der Waals surface area contributed by atoms with Crippen LogP contribution in [0.1, 0.15) is 19.8 Å². The average molecular weight is 326 g/mol. The standard InChI is InChI=1S/C16H24ClN3O2/c1-3-4-7-19-8-10-20(11-9-19)16(21)18-13-5-6-15(22-2)14(17)12-13/h5-6,12H,3-4,7-11H2,1-2H3,(H,18,21). The molecule has 0 radical (unpaired) electrons. The lowest BCUT2D eigenvalue weighted by atomic mass is 10.2. The fourth-order valence-corrected chi connectivity index (χ4v) is 2.76. The van der Waals surface area contributed by atoms with Crippen LogP contribution in [0.25, 0.3) is 0 Å². The third-order valence-electron chi connectivity index (χ3n) is 3.89. The molecule has 1 saturated heterocycles. The average Bonchev–Trinajstić information content (AvgIpc) is 2.53. The van der Waals surface area contributed by atoms with Crippen LogP contribution in [0.15, 0.2) is 18.2 Å². The van der Waals surface area contributed by atoms with Gasteiger partial charge in [0.15, 0.2) is 0 Å². The van der Waals surface area contributed by atoms with E-state index < -0.39 is 0 Å². The maximum Gasteiger partial charge on any atom is 0.321 e.